The fourth-order valence-corrected chi connectivity index (χ4v) is 2.31. The van der Waals surface area contributed by atoms with Crippen molar-refractivity contribution in [3.8, 4) is 11.5 Å². The molecule has 138 valence electrons. The van der Waals surface area contributed by atoms with Gasteiger partial charge in [0, 0.05) is 25.9 Å². The minimum atomic E-state index is -0.336. The number of ether oxygens (including phenoxy) is 1. The van der Waals surface area contributed by atoms with E-state index in [9.17, 15) is 9.18 Å². The molecule has 0 atom stereocenters. The van der Waals surface area contributed by atoms with E-state index < -0.39 is 0 Å². The molecule has 0 spiro atoms. The molecule has 0 fully saturated rings. The van der Waals surface area contributed by atoms with Crippen LogP contribution in [0, 0.1) is 5.82 Å². The summed E-state index contributed by atoms with van der Waals surface area (Å²) < 4.78 is 18.6. The molecule has 27 heavy (non-hydrogen) atoms. The third-order valence-electron chi connectivity index (χ3n) is 3.68. The maximum Gasteiger partial charge on any atom is 0.251 e. The summed E-state index contributed by atoms with van der Waals surface area (Å²) in [6.45, 7) is 0.283. The van der Waals surface area contributed by atoms with E-state index in [0.29, 0.717) is 28.7 Å². The molecular weight excluding hydrogens is 347 g/mol. The molecule has 0 unspecified atom stereocenters. The minimum absolute atomic E-state index is 0.246. The highest BCUT2D eigenvalue weighted by molar-refractivity contribution is 5.94. The molecule has 1 aromatic heterocycles. The molecule has 7 heteroatoms. The van der Waals surface area contributed by atoms with Crippen molar-refractivity contribution in [1.82, 2.24) is 15.3 Å². The highest BCUT2D eigenvalue weighted by Gasteiger charge is 2.09. The van der Waals surface area contributed by atoms with Crippen molar-refractivity contribution in [3.63, 3.8) is 0 Å². The Labute approximate surface area is 156 Å². The molecule has 1 amide bonds. The molecule has 0 saturated heterocycles. The van der Waals surface area contributed by atoms with Crippen LogP contribution in [-0.4, -0.2) is 30.0 Å². The van der Waals surface area contributed by atoms with Gasteiger partial charge in [0.15, 0.2) is 0 Å². The van der Waals surface area contributed by atoms with Crippen molar-refractivity contribution in [2.24, 2.45) is 0 Å². The number of aromatic nitrogens is 2. The predicted octanol–water partition coefficient (Wildman–Crippen LogP) is 3.40. The van der Waals surface area contributed by atoms with Gasteiger partial charge in [-0.15, -0.1) is 0 Å². The number of halogens is 1. The van der Waals surface area contributed by atoms with E-state index in [2.05, 4.69) is 15.3 Å². The molecular formula is C20H19FN4O2. The summed E-state index contributed by atoms with van der Waals surface area (Å²) in [5.74, 6) is 0.982. The van der Waals surface area contributed by atoms with Gasteiger partial charge in [-0.3, -0.25) is 4.79 Å². The van der Waals surface area contributed by atoms with Crippen LogP contribution in [0.3, 0.4) is 0 Å². The van der Waals surface area contributed by atoms with Gasteiger partial charge < -0.3 is 15.0 Å². The number of carbonyl (C=O) groups excluding carboxylic acids is 1. The molecule has 0 saturated carbocycles. The second-order valence-electron chi connectivity index (χ2n) is 6.01. The average Bonchev–Trinajstić information content (AvgIpc) is 2.68. The standard InChI is InChI=1S/C20H19FN4O2/c1-25(2)20-22-11-10-16(24-20)13-23-19(26)14-4-3-5-18(12-14)27-17-8-6-15(21)7-9-17/h3-12H,13H2,1-2H3,(H,23,26). The smallest absolute Gasteiger partial charge is 0.251 e. The first-order valence-corrected chi connectivity index (χ1v) is 8.32. The molecule has 0 aliphatic carbocycles. The van der Waals surface area contributed by atoms with Gasteiger partial charge in [0.05, 0.1) is 12.2 Å². The summed E-state index contributed by atoms with van der Waals surface area (Å²) in [7, 11) is 3.70. The van der Waals surface area contributed by atoms with Crippen LogP contribution < -0.4 is 15.0 Å². The van der Waals surface area contributed by atoms with Crippen molar-refractivity contribution in [2.75, 3.05) is 19.0 Å². The van der Waals surface area contributed by atoms with E-state index in [1.807, 2.05) is 14.1 Å². The summed E-state index contributed by atoms with van der Waals surface area (Å²) >= 11 is 0. The maximum atomic E-state index is 13.0. The Balaban J connectivity index is 1.65. The van der Waals surface area contributed by atoms with Crippen LogP contribution in [0.1, 0.15) is 16.1 Å². The molecule has 0 radical (unpaired) electrons. The van der Waals surface area contributed by atoms with E-state index in [-0.39, 0.29) is 18.3 Å². The minimum Gasteiger partial charge on any atom is -0.457 e. The Hall–Kier alpha value is -3.48. The van der Waals surface area contributed by atoms with Gasteiger partial charge in [-0.25, -0.2) is 14.4 Å². The summed E-state index contributed by atoms with van der Waals surface area (Å²) in [5.41, 5.74) is 1.16. The van der Waals surface area contributed by atoms with Crippen LogP contribution in [0.5, 0.6) is 11.5 Å². The molecule has 3 rings (SSSR count). The fraction of sp³-hybridized carbons (Fsp3) is 0.150. The topological polar surface area (TPSA) is 67.4 Å². The lowest BCUT2D eigenvalue weighted by molar-refractivity contribution is 0.0950. The summed E-state index contributed by atoms with van der Waals surface area (Å²) in [6, 6.07) is 14.2. The van der Waals surface area contributed by atoms with Gasteiger partial charge in [0.2, 0.25) is 5.95 Å². The number of benzene rings is 2. The van der Waals surface area contributed by atoms with E-state index >= 15 is 0 Å². The normalized spacial score (nSPS) is 10.3. The van der Waals surface area contributed by atoms with Crippen LogP contribution in [0.15, 0.2) is 60.8 Å². The molecule has 0 bridgehead atoms. The van der Waals surface area contributed by atoms with Crippen molar-refractivity contribution in [1.29, 1.82) is 0 Å². The summed E-state index contributed by atoms with van der Waals surface area (Å²) in [4.78, 5) is 22.7. The molecule has 1 N–H and O–H groups in total. The molecule has 2 aromatic carbocycles. The van der Waals surface area contributed by atoms with Crippen molar-refractivity contribution in [2.45, 2.75) is 6.54 Å². The van der Waals surface area contributed by atoms with Crippen molar-refractivity contribution < 1.29 is 13.9 Å². The molecule has 0 aliphatic heterocycles. The van der Waals surface area contributed by atoms with E-state index in [4.69, 9.17) is 4.74 Å². The van der Waals surface area contributed by atoms with Crippen molar-refractivity contribution in [3.05, 3.63) is 77.9 Å². The molecule has 0 aliphatic rings. The second kappa shape index (κ2) is 8.27. The van der Waals surface area contributed by atoms with Crippen LogP contribution in [-0.2, 0) is 6.54 Å². The average molecular weight is 366 g/mol. The molecule has 1 heterocycles. The van der Waals surface area contributed by atoms with Crippen LogP contribution >= 0.6 is 0 Å². The SMILES string of the molecule is CN(C)c1nccc(CNC(=O)c2cccc(Oc3ccc(F)cc3)c2)n1. The first-order chi connectivity index (χ1) is 13.0. The number of nitrogens with zero attached hydrogens (tertiary/aromatic N) is 3. The van der Waals surface area contributed by atoms with Gasteiger partial charge in [0.1, 0.15) is 17.3 Å². The number of hydrogen-bond donors (Lipinski definition) is 1. The van der Waals surface area contributed by atoms with Gasteiger partial charge in [-0.2, -0.15) is 0 Å². The first-order valence-electron chi connectivity index (χ1n) is 8.32. The van der Waals surface area contributed by atoms with Crippen LogP contribution in [0.25, 0.3) is 0 Å². The second-order valence-corrected chi connectivity index (χ2v) is 6.01. The van der Waals surface area contributed by atoms with E-state index in [1.165, 1.54) is 24.3 Å². The predicted molar refractivity (Wildman–Crippen MR) is 100 cm³/mol. The number of rotatable bonds is 6. The highest BCUT2D eigenvalue weighted by Crippen LogP contribution is 2.22. The Kier molecular flexibility index (Phi) is 5.61. The van der Waals surface area contributed by atoms with Gasteiger partial charge >= 0.3 is 0 Å². The first kappa shape index (κ1) is 18.3. The van der Waals surface area contributed by atoms with Gasteiger partial charge in [0.25, 0.3) is 5.91 Å². The summed E-state index contributed by atoms with van der Waals surface area (Å²) in [6.07, 6.45) is 1.65. The lowest BCUT2D eigenvalue weighted by atomic mass is 10.2. The Morgan fingerprint density at radius 1 is 1.11 bits per heavy atom. The Morgan fingerprint density at radius 3 is 2.63 bits per heavy atom. The molecule has 6 nitrogen and oxygen atoms in total. The third-order valence-corrected chi connectivity index (χ3v) is 3.68. The van der Waals surface area contributed by atoms with Crippen LogP contribution in [0.2, 0.25) is 0 Å². The van der Waals surface area contributed by atoms with Crippen molar-refractivity contribution >= 4 is 11.9 Å². The van der Waals surface area contributed by atoms with E-state index in [1.54, 1.807) is 41.4 Å². The van der Waals surface area contributed by atoms with Gasteiger partial charge in [-0.05, 0) is 48.5 Å². The van der Waals surface area contributed by atoms with Gasteiger partial charge in [-0.1, -0.05) is 6.07 Å². The number of anilines is 1. The monoisotopic (exact) mass is 366 g/mol. The Morgan fingerprint density at radius 2 is 1.89 bits per heavy atom. The number of amides is 1. The molecule has 3 aromatic rings. The fourth-order valence-electron chi connectivity index (χ4n) is 2.31. The lowest BCUT2D eigenvalue weighted by Gasteiger charge is -2.11. The summed E-state index contributed by atoms with van der Waals surface area (Å²) in [5, 5.41) is 2.83. The Bertz CT molecular complexity index is 929. The number of carbonyl (C=O) groups is 1. The quantitative estimate of drug-likeness (QED) is 0.724. The largest absolute Gasteiger partial charge is 0.457 e. The number of nitrogens with one attached hydrogen (secondary N) is 1. The zero-order valence-corrected chi connectivity index (χ0v) is 15.0. The zero-order valence-electron chi connectivity index (χ0n) is 15.0. The third kappa shape index (κ3) is 5.01. The number of hydrogen-bond acceptors (Lipinski definition) is 5. The zero-order chi connectivity index (χ0) is 19.2. The van der Waals surface area contributed by atoms with E-state index in [0.717, 1.165) is 0 Å². The van der Waals surface area contributed by atoms with Crippen LogP contribution in [0.4, 0.5) is 10.3 Å². The maximum absolute atomic E-state index is 13.0. The lowest BCUT2D eigenvalue weighted by Crippen LogP contribution is -2.24. The highest BCUT2D eigenvalue weighted by atomic mass is 19.1.